The standard InChI is InChI=1S/C34H35FN4O4S/c1-37-19-22(14-21(33(37)41)15-24-6-7-25(18-36-24)38-10-12-43-13-11-38)28-16-23(35)17-30(29(28)20-40)39-9-8-27-26-4-2-3-5-31(26)44-32(27)34(39)42/h6-7,14,16-19,40H,2-5,8-13,15,20H2,1H3. The molecule has 0 saturated carbocycles. The van der Waals surface area contributed by atoms with Crippen molar-refractivity contribution in [1.29, 1.82) is 0 Å². The van der Waals surface area contributed by atoms with Gasteiger partial charge in [-0.3, -0.25) is 14.6 Å². The fourth-order valence-corrected chi connectivity index (χ4v) is 8.20. The van der Waals surface area contributed by atoms with Crippen LogP contribution in [0.25, 0.3) is 11.1 Å². The van der Waals surface area contributed by atoms with Crippen LogP contribution in [0.2, 0.25) is 0 Å². The van der Waals surface area contributed by atoms with Crippen molar-refractivity contribution in [2.45, 2.75) is 45.1 Å². The average Bonchev–Trinajstić information content (AvgIpc) is 3.43. The number of anilines is 2. The number of thiophene rings is 1. The molecule has 1 amide bonds. The highest BCUT2D eigenvalue weighted by molar-refractivity contribution is 7.14. The molecule has 0 spiro atoms. The van der Waals surface area contributed by atoms with E-state index in [4.69, 9.17) is 4.74 Å². The van der Waals surface area contributed by atoms with Gasteiger partial charge in [-0.15, -0.1) is 11.3 Å². The van der Waals surface area contributed by atoms with Crippen molar-refractivity contribution < 1.29 is 19.0 Å². The van der Waals surface area contributed by atoms with E-state index < -0.39 is 5.82 Å². The van der Waals surface area contributed by atoms with Crippen LogP contribution in [0.1, 0.15) is 55.3 Å². The summed E-state index contributed by atoms with van der Waals surface area (Å²) < 4.78 is 22.2. The molecule has 1 N–H and O–H groups in total. The first kappa shape index (κ1) is 28.9. The van der Waals surface area contributed by atoms with E-state index in [1.165, 1.54) is 27.1 Å². The Morgan fingerprint density at radius 1 is 1.02 bits per heavy atom. The van der Waals surface area contributed by atoms with Gasteiger partial charge in [0.2, 0.25) is 0 Å². The van der Waals surface area contributed by atoms with E-state index in [2.05, 4.69) is 9.88 Å². The number of carbonyl (C=O) groups is 1. The third kappa shape index (κ3) is 5.25. The maximum absolute atomic E-state index is 15.3. The SMILES string of the molecule is Cn1cc(-c2cc(F)cc(N3CCc4c(sc5c4CCCC5)C3=O)c2CO)cc(Cc2ccc(N3CCOCC3)cn2)c1=O. The Morgan fingerprint density at radius 3 is 2.61 bits per heavy atom. The first-order valence-corrected chi connectivity index (χ1v) is 16.1. The van der Waals surface area contributed by atoms with Crippen LogP contribution in [-0.4, -0.2) is 53.4 Å². The van der Waals surface area contributed by atoms with Crippen LogP contribution in [0.3, 0.4) is 0 Å². The molecule has 5 heterocycles. The Bertz CT molecular complexity index is 1790. The largest absolute Gasteiger partial charge is 0.392 e. The second kappa shape index (κ2) is 11.9. The van der Waals surface area contributed by atoms with Crippen LogP contribution in [0.4, 0.5) is 15.8 Å². The van der Waals surface area contributed by atoms with Crippen molar-refractivity contribution in [3.8, 4) is 11.1 Å². The maximum atomic E-state index is 15.3. The topological polar surface area (TPSA) is 87.9 Å². The number of ether oxygens (including phenoxy) is 1. The highest BCUT2D eigenvalue weighted by atomic mass is 32.1. The van der Waals surface area contributed by atoms with E-state index >= 15 is 4.39 Å². The van der Waals surface area contributed by atoms with E-state index in [-0.39, 0.29) is 18.1 Å². The number of benzene rings is 1. The number of aryl methyl sites for hydroxylation is 2. The summed E-state index contributed by atoms with van der Waals surface area (Å²) in [4.78, 5) is 37.5. The number of rotatable bonds is 6. The molecule has 0 radical (unpaired) electrons. The average molecular weight is 615 g/mol. The van der Waals surface area contributed by atoms with Crippen LogP contribution < -0.4 is 15.4 Å². The zero-order chi connectivity index (χ0) is 30.4. The predicted octanol–water partition coefficient (Wildman–Crippen LogP) is 4.65. The van der Waals surface area contributed by atoms with Crippen molar-refractivity contribution >= 4 is 28.6 Å². The zero-order valence-electron chi connectivity index (χ0n) is 24.8. The van der Waals surface area contributed by atoms with Gasteiger partial charge >= 0.3 is 0 Å². The summed E-state index contributed by atoms with van der Waals surface area (Å²) in [7, 11) is 1.66. The van der Waals surface area contributed by atoms with Crippen molar-refractivity contribution in [3.05, 3.63) is 96.6 Å². The second-order valence-corrected chi connectivity index (χ2v) is 12.9. The van der Waals surface area contributed by atoms with Gasteiger partial charge in [0.1, 0.15) is 5.82 Å². The van der Waals surface area contributed by atoms with E-state index in [1.807, 2.05) is 18.3 Å². The molecule has 1 aromatic carbocycles. The third-order valence-corrected chi connectivity index (χ3v) is 10.4. The third-order valence-electron chi connectivity index (χ3n) is 9.07. The Hall–Kier alpha value is -3.86. The van der Waals surface area contributed by atoms with E-state index in [9.17, 15) is 14.7 Å². The quantitative estimate of drug-likeness (QED) is 0.340. The van der Waals surface area contributed by atoms with Crippen molar-refractivity contribution in [3.63, 3.8) is 0 Å². The molecule has 1 aliphatic carbocycles. The highest BCUT2D eigenvalue weighted by Gasteiger charge is 2.33. The van der Waals surface area contributed by atoms with Crippen molar-refractivity contribution in [1.82, 2.24) is 9.55 Å². The van der Waals surface area contributed by atoms with Crippen molar-refractivity contribution in [2.24, 2.45) is 7.05 Å². The number of hydrogen-bond donors (Lipinski definition) is 1. The van der Waals surface area contributed by atoms with Gasteiger partial charge in [-0.2, -0.15) is 0 Å². The summed E-state index contributed by atoms with van der Waals surface area (Å²) in [6, 6.07) is 8.40. The van der Waals surface area contributed by atoms with Gasteiger partial charge in [0.25, 0.3) is 11.5 Å². The van der Waals surface area contributed by atoms with E-state index in [0.29, 0.717) is 60.5 Å². The first-order valence-electron chi connectivity index (χ1n) is 15.3. The lowest BCUT2D eigenvalue weighted by Gasteiger charge is -2.30. The number of aliphatic hydroxyl groups excluding tert-OH is 1. The Morgan fingerprint density at radius 2 is 1.84 bits per heavy atom. The minimum absolute atomic E-state index is 0.135. The molecule has 8 nitrogen and oxygen atoms in total. The summed E-state index contributed by atoms with van der Waals surface area (Å²) in [6.07, 6.45) is 8.81. The monoisotopic (exact) mass is 614 g/mol. The number of pyridine rings is 2. The van der Waals surface area contributed by atoms with Gasteiger partial charge in [-0.1, -0.05) is 0 Å². The van der Waals surface area contributed by atoms with Crippen LogP contribution in [0.15, 0.2) is 47.5 Å². The van der Waals surface area contributed by atoms with Crippen LogP contribution in [0.5, 0.6) is 0 Å². The number of aliphatic hydroxyl groups is 1. The van der Waals surface area contributed by atoms with Crippen LogP contribution >= 0.6 is 11.3 Å². The molecule has 0 atom stereocenters. The minimum atomic E-state index is -0.507. The number of nitrogens with zero attached hydrogens (tertiary/aromatic N) is 4. The first-order chi connectivity index (χ1) is 21.4. The molecule has 1 fully saturated rings. The van der Waals surface area contributed by atoms with Crippen molar-refractivity contribution in [2.75, 3.05) is 42.6 Å². The highest BCUT2D eigenvalue weighted by Crippen LogP contribution is 2.41. The van der Waals surface area contributed by atoms with Gasteiger partial charge in [0.05, 0.1) is 42.3 Å². The van der Waals surface area contributed by atoms with Gasteiger partial charge in [-0.05, 0) is 84.7 Å². The zero-order valence-corrected chi connectivity index (χ0v) is 25.6. The van der Waals surface area contributed by atoms with Gasteiger partial charge in [0.15, 0.2) is 0 Å². The van der Waals surface area contributed by atoms with Crippen LogP contribution in [0, 0.1) is 5.82 Å². The Labute approximate surface area is 259 Å². The molecule has 3 aliphatic rings. The predicted molar refractivity (Wildman–Crippen MR) is 169 cm³/mol. The number of aromatic nitrogens is 2. The number of carbonyl (C=O) groups excluding carboxylic acids is 1. The molecule has 1 saturated heterocycles. The number of hydrogen-bond acceptors (Lipinski definition) is 7. The molecule has 0 bridgehead atoms. The summed E-state index contributed by atoms with van der Waals surface area (Å²) in [5, 5.41) is 10.6. The van der Waals surface area contributed by atoms with Gasteiger partial charge in [0, 0.05) is 61.0 Å². The normalized spacial score (nSPS) is 16.7. The number of halogens is 1. The summed E-state index contributed by atoms with van der Waals surface area (Å²) in [5.74, 6) is -0.642. The maximum Gasteiger partial charge on any atom is 0.268 e. The van der Waals surface area contributed by atoms with Crippen LogP contribution in [-0.2, 0) is 44.1 Å². The summed E-state index contributed by atoms with van der Waals surface area (Å²) in [5.41, 5.74) is 6.48. The molecule has 228 valence electrons. The fraction of sp³-hybridized carbons (Fsp3) is 0.382. The van der Waals surface area contributed by atoms with E-state index in [0.717, 1.165) is 60.6 Å². The summed E-state index contributed by atoms with van der Waals surface area (Å²) >= 11 is 1.58. The number of morpholine rings is 1. The Kier molecular flexibility index (Phi) is 7.82. The Balaban J connectivity index is 1.22. The van der Waals surface area contributed by atoms with Gasteiger partial charge in [-0.25, -0.2) is 4.39 Å². The molecule has 4 aromatic rings. The molecular weight excluding hydrogens is 579 g/mol. The lowest BCUT2D eigenvalue weighted by Crippen LogP contribution is -2.37. The molecule has 10 heteroatoms. The molecule has 3 aromatic heterocycles. The smallest absolute Gasteiger partial charge is 0.268 e. The molecular formula is C34H35FN4O4S. The lowest BCUT2D eigenvalue weighted by molar-refractivity contribution is 0.0984. The molecule has 7 rings (SSSR count). The van der Waals surface area contributed by atoms with Gasteiger partial charge < -0.3 is 24.2 Å². The summed E-state index contributed by atoms with van der Waals surface area (Å²) in [6.45, 7) is 3.04. The van der Waals surface area contributed by atoms with E-state index in [1.54, 1.807) is 35.5 Å². The lowest BCUT2D eigenvalue weighted by atomic mass is 9.91. The molecule has 44 heavy (non-hydrogen) atoms. The molecule has 2 aliphatic heterocycles. The fourth-order valence-electron chi connectivity index (χ4n) is 6.81. The number of fused-ring (bicyclic) bond motifs is 3. The second-order valence-electron chi connectivity index (χ2n) is 11.8. The number of amides is 1. The minimum Gasteiger partial charge on any atom is -0.392 e. The molecule has 0 unspecified atom stereocenters.